The number of Topliss-reactive ketones (excluding diaryl/α,β-unsaturated/α-hetero) is 1. The van der Waals surface area contributed by atoms with Crippen LogP contribution in [0.2, 0.25) is 0 Å². The molecule has 5 rings (SSSR count). The minimum atomic E-state index is -0.384. The number of hydrogen-bond acceptors (Lipinski definition) is 4. The van der Waals surface area contributed by atoms with Crippen LogP contribution in [-0.2, 0) is 0 Å². The molecule has 1 aliphatic rings. The molecule has 5 heteroatoms. The van der Waals surface area contributed by atoms with Crippen LogP contribution in [0, 0.1) is 6.92 Å². The largest absolute Gasteiger partial charge is 0.464 e. The monoisotopic (exact) mass is 369 g/mol. The number of nitrogens with zero attached hydrogens (tertiary/aromatic N) is 2. The van der Waals surface area contributed by atoms with Crippen LogP contribution in [0.3, 0.4) is 0 Å². The lowest BCUT2D eigenvalue weighted by atomic mass is 9.92. The van der Waals surface area contributed by atoms with Crippen molar-refractivity contribution >= 4 is 22.8 Å². The molecular weight excluding hydrogens is 350 g/mol. The Kier molecular flexibility index (Phi) is 3.69. The third-order valence-corrected chi connectivity index (χ3v) is 5.14. The highest BCUT2D eigenvalue weighted by molar-refractivity contribution is 6.10. The summed E-state index contributed by atoms with van der Waals surface area (Å²) in [5, 5.41) is 3.33. The van der Waals surface area contributed by atoms with Crippen LogP contribution in [0.15, 0.2) is 82.4 Å². The Morgan fingerprint density at radius 1 is 1.00 bits per heavy atom. The van der Waals surface area contributed by atoms with Gasteiger partial charge in [-0.15, -0.1) is 0 Å². The number of para-hydroxylation sites is 2. The molecule has 28 heavy (non-hydrogen) atoms. The first-order chi connectivity index (χ1) is 13.6. The number of nitrogens with one attached hydrogen (secondary N) is 1. The van der Waals surface area contributed by atoms with Crippen molar-refractivity contribution in [3.63, 3.8) is 0 Å². The standard InChI is InChI=1S/C23H19N3O2/c1-14-12-13-19(28-14)21-20(22(27)16-8-4-3-5-9-16)15(2)24-23-25-17-10-6-7-11-18(17)26(21)23/h3-13,21H,1-2H3,(H,24,25)/t21-/m1/s1. The smallest absolute Gasteiger partial charge is 0.209 e. The number of carbonyl (C=O) groups excluding carboxylic acids is 1. The zero-order valence-electron chi connectivity index (χ0n) is 15.6. The summed E-state index contributed by atoms with van der Waals surface area (Å²) in [6.07, 6.45) is 0. The van der Waals surface area contributed by atoms with E-state index in [1.807, 2.05) is 80.6 Å². The van der Waals surface area contributed by atoms with Gasteiger partial charge in [-0.1, -0.05) is 42.5 Å². The van der Waals surface area contributed by atoms with E-state index in [2.05, 4.69) is 9.88 Å². The predicted octanol–water partition coefficient (Wildman–Crippen LogP) is 5.11. The molecule has 2 aromatic carbocycles. The van der Waals surface area contributed by atoms with Gasteiger partial charge in [-0.2, -0.15) is 0 Å². The van der Waals surface area contributed by atoms with Gasteiger partial charge >= 0.3 is 0 Å². The quantitative estimate of drug-likeness (QED) is 0.510. The molecule has 0 radical (unpaired) electrons. The highest BCUT2D eigenvalue weighted by atomic mass is 16.3. The van der Waals surface area contributed by atoms with E-state index < -0.39 is 0 Å². The maximum absolute atomic E-state index is 13.5. The number of hydrogen-bond donors (Lipinski definition) is 1. The van der Waals surface area contributed by atoms with Gasteiger partial charge in [-0.05, 0) is 38.1 Å². The lowest BCUT2D eigenvalue weighted by molar-refractivity contribution is 0.102. The lowest BCUT2D eigenvalue weighted by Gasteiger charge is -2.29. The second-order valence-electron chi connectivity index (χ2n) is 7.00. The third kappa shape index (κ3) is 2.47. The molecule has 0 amide bonds. The van der Waals surface area contributed by atoms with Crippen molar-refractivity contribution in [3.05, 3.63) is 95.1 Å². The second kappa shape index (κ2) is 6.23. The SMILES string of the molecule is CC1=C(C(=O)c2ccccc2)[C@@H](c2ccc(C)o2)n2c(nc3ccccc32)N1. The topological polar surface area (TPSA) is 60.1 Å². The van der Waals surface area contributed by atoms with Crippen molar-refractivity contribution in [2.45, 2.75) is 19.9 Å². The van der Waals surface area contributed by atoms with Crippen LogP contribution in [0.4, 0.5) is 5.95 Å². The number of allylic oxidation sites excluding steroid dienone is 2. The molecule has 5 nitrogen and oxygen atoms in total. The number of aromatic nitrogens is 2. The summed E-state index contributed by atoms with van der Waals surface area (Å²) in [6.45, 7) is 3.83. The lowest BCUT2D eigenvalue weighted by Crippen LogP contribution is -2.27. The zero-order valence-corrected chi connectivity index (χ0v) is 15.6. The number of ketones is 1. The summed E-state index contributed by atoms with van der Waals surface area (Å²) in [7, 11) is 0. The van der Waals surface area contributed by atoms with Crippen molar-refractivity contribution in [1.29, 1.82) is 0 Å². The number of benzene rings is 2. The van der Waals surface area contributed by atoms with E-state index in [1.165, 1.54) is 0 Å². The molecule has 0 spiro atoms. The van der Waals surface area contributed by atoms with Gasteiger partial charge in [0.1, 0.15) is 17.6 Å². The van der Waals surface area contributed by atoms with Gasteiger partial charge in [0.05, 0.1) is 11.0 Å². The molecule has 0 bridgehead atoms. The van der Waals surface area contributed by atoms with Crippen molar-refractivity contribution in [3.8, 4) is 0 Å². The number of fused-ring (bicyclic) bond motifs is 3. The van der Waals surface area contributed by atoms with E-state index in [9.17, 15) is 4.79 Å². The molecule has 1 aliphatic heterocycles. The Balaban J connectivity index is 1.76. The number of furan rings is 1. The van der Waals surface area contributed by atoms with E-state index >= 15 is 0 Å². The molecule has 0 saturated heterocycles. The van der Waals surface area contributed by atoms with Crippen LogP contribution in [0.5, 0.6) is 0 Å². The summed E-state index contributed by atoms with van der Waals surface area (Å²) in [5.74, 6) is 2.22. The molecule has 0 saturated carbocycles. The number of anilines is 1. The number of imidazole rings is 1. The predicted molar refractivity (Wildman–Crippen MR) is 108 cm³/mol. The average molecular weight is 369 g/mol. The van der Waals surface area contributed by atoms with E-state index in [0.717, 1.165) is 28.3 Å². The van der Waals surface area contributed by atoms with Gasteiger partial charge in [0.15, 0.2) is 5.78 Å². The first-order valence-corrected chi connectivity index (χ1v) is 9.24. The van der Waals surface area contributed by atoms with E-state index in [0.29, 0.717) is 17.1 Å². The first kappa shape index (κ1) is 16.6. The number of carbonyl (C=O) groups is 1. The van der Waals surface area contributed by atoms with Gasteiger partial charge in [-0.3, -0.25) is 9.36 Å². The van der Waals surface area contributed by atoms with Gasteiger partial charge < -0.3 is 9.73 Å². The van der Waals surface area contributed by atoms with E-state index in [-0.39, 0.29) is 11.8 Å². The Labute approximate surface area is 162 Å². The van der Waals surface area contributed by atoms with Crippen LogP contribution >= 0.6 is 0 Å². The van der Waals surface area contributed by atoms with Crippen molar-refractivity contribution < 1.29 is 9.21 Å². The highest BCUT2D eigenvalue weighted by Crippen LogP contribution is 2.40. The molecule has 0 unspecified atom stereocenters. The molecule has 4 aromatic rings. The molecule has 1 atom stereocenters. The average Bonchev–Trinajstić information content (AvgIpc) is 3.30. The van der Waals surface area contributed by atoms with E-state index in [4.69, 9.17) is 9.40 Å². The molecule has 3 heterocycles. The molecular formula is C23H19N3O2. The Bertz CT molecular complexity index is 1230. The fraction of sp³-hybridized carbons (Fsp3) is 0.130. The summed E-state index contributed by atoms with van der Waals surface area (Å²) in [4.78, 5) is 18.2. The third-order valence-electron chi connectivity index (χ3n) is 5.14. The summed E-state index contributed by atoms with van der Waals surface area (Å²) in [6, 6.07) is 20.8. The van der Waals surface area contributed by atoms with Crippen molar-refractivity contribution in [2.75, 3.05) is 5.32 Å². The Hall–Kier alpha value is -3.60. The van der Waals surface area contributed by atoms with Crippen molar-refractivity contribution in [2.24, 2.45) is 0 Å². The molecule has 0 aliphatic carbocycles. The van der Waals surface area contributed by atoms with Gasteiger partial charge in [-0.25, -0.2) is 4.98 Å². The number of aryl methyl sites for hydroxylation is 1. The van der Waals surface area contributed by atoms with Crippen LogP contribution < -0.4 is 5.32 Å². The van der Waals surface area contributed by atoms with Crippen LogP contribution in [-0.4, -0.2) is 15.3 Å². The van der Waals surface area contributed by atoms with Crippen LogP contribution in [0.25, 0.3) is 11.0 Å². The normalized spacial score (nSPS) is 16.1. The fourth-order valence-electron chi connectivity index (χ4n) is 3.87. The Morgan fingerprint density at radius 2 is 1.75 bits per heavy atom. The first-order valence-electron chi connectivity index (χ1n) is 9.24. The van der Waals surface area contributed by atoms with Gasteiger partial charge in [0.25, 0.3) is 0 Å². The number of rotatable bonds is 3. The maximum Gasteiger partial charge on any atom is 0.209 e. The Morgan fingerprint density at radius 3 is 2.50 bits per heavy atom. The fourth-order valence-corrected chi connectivity index (χ4v) is 3.87. The van der Waals surface area contributed by atoms with Crippen molar-refractivity contribution in [1.82, 2.24) is 9.55 Å². The second-order valence-corrected chi connectivity index (χ2v) is 7.00. The van der Waals surface area contributed by atoms with E-state index in [1.54, 1.807) is 0 Å². The highest BCUT2D eigenvalue weighted by Gasteiger charge is 2.36. The summed E-state index contributed by atoms with van der Waals surface area (Å²) in [5.41, 5.74) is 3.93. The summed E-state index contributed by atoms with van der Waals surface area (Å²) < 4.78 is 8.05. The minimum absolute atomic E-state index is 0.0203. The summed E-state index contributed by atoms with van der Waals surface area (Å²) >= 11 is 0. The molecule has 138 valence electrons. The van der Waals surface area contributed by atoms with Gasteiger partial charge in [0, 0.05) is 16.8 Å². The zero-order chi connectivity index (χ0) is 19.3. The molecule has 1 N–H and O–H groups in total. The maximum atomic E-state index is 13.5. The van der Waals surface area contributed by atoms with Gasteiger partial charge in [0.2, 0.25) is 5.95 Å². The van der Waals surface area contributed by atoms with Crippen LogP contribution in [0.1, 0.15) is 34.8 Å². The minimum Gasteiger partial charge on any atom is -0.464 e. The molecule has 2 aromatic heterocycles. The molecule has 0 fully saturated rings.